The van der Waals surface area contributed by atoms with Crippen LogP contribution in [0.1, 0.15) is 12.8 Å². The lowest BCUT2D eigenvalue weighted by atomic mass is 10.00. The van der Waals surface area contributed by atoms with Gasteiger partial charge in [0.05, 0.1) is 4.92 Å². The van der Waals surface area contributed by atoms with Crippen molar-refractivity contribution in [2.75, 3.05) is 25.0 Å². The minimum Gasteiger partial charge on any atom is -0.364 e. The van der Waals surface area contributed by atoms with Crippen molar-refractivity contribution in [2.45, 2.75) is 12.8 Å². The summed E-state index contributed by atoms with van der Waals surface area (Å²) in [4.78, 5) is 14.4. The second kappa shape index (κ2) is 5.58. The minimum absolute atomic E-state index is 0.0382. The van der Waals surface area contributed by atoms with Crippen molar-refractivity contribution in [1.29, 1.82) is 0 Å². The molecule has 1 aliphatic heterocycles. The fraction of sp³-hybridized carbons (Fsp3) is 0.545. The molecule has 1 aliphatic rings. The Labute approximate surface area is 99.6 Å². The molecule has 0 bridgehead atoms. The Hall–Kier alpha value is -1.69. The topological polar surface area (TPSA) is 80.1 Å². The van der Waals surface area contributed by atoms with Crippen molar-refractivity contribution in [3.63, 3.8) is 0 Å². The first-order chi connectivity index (χ1) is 8.27. The fourth-order valence-electron chi connectivity index (χ4n) is 2.02. The molecule has 1 atom stereocenters. The molecule has 0 aromatic carbocycles. The van der Waals surface area contributed by atoms with Crippen LogP contribution in [0.25, 0.3) is 0 Å². The monoisotopic (exact) mass is 236 g/mol. The number of hydrogen-bond donors (Lipinski definition) is 2. The molecule has 6 heteroatoms. The van der Waals surface area contributed by atoms with Crippen LogP contribution in [0.3, 0.4) is 0 Å². The molecule has 0 amide bonds. The van der Waals surface area contributed by atoms with Crippen molar-refractivity contribution in [1.82, 2.24) is 10.3 Å². The molecule has 17 heavy (non-hydrogen) atoms. The molecule has 1 saturated heterocycles. The zero-order chi connectivity index (χ0) is 12.1. The van der Waals surface area contributed by atoms with E-state index >= 15 is 0 Å². The number of hydrogen-bond acceptors (Lipinski definition) is 5. The normalized spacial score (nSPS) is 19.9. The number of rotatable bonds is 4. The van der Waals surface area contributed by atoms with Gasteiger partial charge in [0.1, 0.15) is 0 Å². The van der Waals surface area contributed by atoms with E-state index in [4.69, 9.17) is 0 Å². The first-order valence-electron chi connectivity index (χ1n) is 5.81. The molecule has 0 aliphatic carbocycles. The van der Waals surface area contributed by atoms with Crippen molar-refractivity contribution in [2.24, 2.45) is 5.92 Å². The van der Waals surface area contributed by atoms with Gasteiger partial charge in [0.2, 0.25) is 5.82 Å². The van der Waals surface area contributed by atoms with Crippen LogP contribution in [0.15, 0.2) is 18.3 Å². The van der Waals surface area contributed by atoms with E-state index in [0.717, 1.165) is 32.5 Å². The number of nitrogens with zero attached hydrogens (tertiary/aromatic N) is 2. The molecule has 0 radical (unpaired) electrons. The van der Waals surface area contributed by atoms with Gasteiger partial charge in [0, 0.05) is 18.8 Å². The van der Waals surface area contributed by atoms with E-state index < -0.39 is 4.92 Å². The predicted molar refractivity (Wildman–Crippen MR) is 65.0 cm³/mol. The van der Waals surface area contributed by atoms with E-state index in [1.54, 1.807) is 12.3 Å². The van der Waals surface area contributed by atoms with E-state index in [1.165, 1.54) is 6.07 Å². The van der Waals surface area contributed by atoms with E-state index in [-0.39, 0.29) is 5.69 Å². The SMILES string of the molecule is O=[N+]([O-])c1cccnc1NCC1CCCNC1. The number of pyridine rings is 1. The Morgan fingerprint density at radius 2 is 2.53 bits per heavy atom. The minimum atomic E-state index is -0.408. The summed E-state index contributed by atoms with van der Waals surface area (Å²) in [5, 5.41) is 17.2. The number of nitrogens with one attached hydrogen (secondary N) is 2. The van der Waals surface area contributed by atoms with Gasteiger partial charge in [-0.15, -0.1) is 0 Å². The second-order valence-electron chi connectivity index (χ2n) is 4.22. The maximum atomic E-state index is 10.8. The molecule has 1 fully saturated rings. The van der Waals surface area contributed by atoms with Gasteiger partial charge in [-0.3, -0.25) is 10.1 Å². The lowest BCUT2D eigenvalue weighted by Gasteiger charge is -2.22. The van der Waals surface area contributed by atoms with Gasteiger partial charge in [-0.1, -0.05) is 0 Å². The number of aromatic nitrogens is 1. The average Bonchev–Trinajstić information content (AvgIpc) is 2.38. The summed E-state index contributed by atoms with van der Waals surface area (Å²) in [6, 6.07) is 3.04. The van der Waals surface area contributed by atoms with Crippen LogP contribution in [0, 0.1) is 16.0 Å². The number of piperidine rings is 1. The van der Waals surface area contributed by atoms with E-state index in [0.29, 0.717) is 11.7 Å². The highest BCUT2D eigenvalue weighted by Crippen LogP contribution is 2.21. The van der Waals surface area contributed by atoms with Crippen LogP contribution in [-0.4, -0.2) is 29.5 Å². The van der Waals surface area contributed by atoms with Gasteiger partial charge in [-0.2, -0.15) is 0 Å². The highest BCUT2D eigenvalue weighted by Gasteiger charge is 2.17. The Morgan fingerprint density at radius 3 is 3.24 bits per heavy atom. The van der Waals surface area contributed by atoms with Crippen molar-refractivity contribution >= 4 is 11.5 Å². The average molecular weight is 236 g/mol. The lowest BCUT2D eigenvalue weighted by molar-refractivity contribution is -0.384. The van der Waals surface area contributed by atoms with Gasteiger partial charge < -0.3 is 10.6 Å². The number of anilines is 1. The second-order valence-corrected chi connectivity index (χ2v) is 4.22. The molecule has 92 valence electrons. The summed E-state index contributed by atoms with van der Waals surface area (Å²) in [5.74, 6) is 0.883. The maximum absolute atomic E-state index is 10.8. The lowest BCUT2D eigenvalue weighted by Crippen LogP contribution is -2.33. The summed E-state index contributed by atoms with van der Waals surface area (Å²) in [6.07, 6.45) is 3.88. The standard InChI is InChI=1S/C11H16N4O2/c16-15(17)10-4-2-6-13-11(10)14-8-9-3-1-5-12-7-9/h2,4,6,9,12H,1,3,5,7-8H2,(H,13,14). The van der Waals surface area contributed by atoms with E-state index in [2.05, 4.69) is 15.6 Å². The van der Waals surface area contributed by atoms with Gasteiger partial charge in [-0.05, 0) is 37.9 Å². The smallest absolute Gasteiger partial charge is 0.311 e. The van der Waals surface area contributed by atoms with Crippen LogP contribution < -0.4 is 10.6 Å². The first kappa shape index (κ1) is 11.8. The van der Waals surface area contributed by atoms with Gasteiger partial charge >= 0.3 is 5.69 Å². The molecule has 2 rings (SSSR count). The predicted octanol–water partition coefficient (Wildman–Crippen LogP) is 1.40. The molecule has 1 aromatic rings. The molecule has 2 heterocycles. The van der Waals surface area contributed by atoms with Crippen molar-refractivity contribution in [3.05, 3.63) is 28.4 Å². The Kier molecular flexibility index (Phi) is 3.87. The third-order valence-corrected chi connectivity index (χ3v) is 2.94. The summed E-state index contributed by atoms with van der Waals surface area (Å²) < 4.78 is 0. The fourth-order valence-corrected chi connectivity index (χ4v) is 2.02. The molecule has 0 saturated carbocycles. The van der Waals surface area contributed by atoms with Crippen LogP contribution in [0.4, 0.5) is 11.5 Å². The molecular formula is C11H16N4O2. The summed E-state index contributed by atoms with van der Waals surface area (Å²) >= 11 is 0. The highest BCUT2D eigenvalue weighted by molar-refractivity contribution is 5.55. The molecule has 2 N–H and O–H groups in total. The maximum Gasteiger partial charge on any atom is 0.311 e. The Bertz CT molecular complexity index is 391. The molecule has 1 unspecified atom stereocenters. The van der Waals surface area contributed by atoms with Crippen molar-refractivity contribution < 1.29 is 4.92 Å². The highest BCUT2D eigenvalue weighted by atomic mass is 16.6. The molecule has 1 aromatic heterocycles. The summed E-state index contributed by atoms with van der Waals surface area (Å²) in [6.45, 7) is 2.76. The third-order valence-electron chi connectivity index (χ3n) is 2.94. The molecule has 0 spiro atoms. The van der Waals surface area contributed by atoms with Gasteiger partial charge in [-0.25, -0.2) is 4.98 Å². The van der Waals surface area contributed by atoms with Crippen LogP contribution in [0.5, 0.6) is 0 Å². The zero-order valence-electron chi connectivity index (χ0n) is 9.56. The first-order valence-corrected chi connectivity index (χ1v) is 5.81. The van der Waals surface area contributed by atoms with E-state index in [1.807, 2.05) is 0 Å². The number of nitro groups is 1. The summed E-state index contributed by atoms with van der Waals surface area (Å²) in [5.41, 5.74) is 0.0382. The Morgan fingerprint density at radius 1 is 1.65 bits per heavy atom. The third kappa shape index (κ3) is 3.13. The molecular weight excluding hydrogens is 220 g/mol. The van der Waals surface area contributed by atoms with Crippen LogP contribution in [-0.2, 0) is 0 Å². The largest absolute Gasteiger partial charge is 0.364 e. The zero-order valence-corrected chi connectivity index (χ0v) is 9.56. The van der Waals surface area contributed by atoms with E-state index in [9.17, 15) is 10.1 Å². The quantitative estimate of drug-likeness (QED) is 0.610. The summed E-state index contributed by atoms with van der Waals surface area (Å²) in [7, 11) is 0. The van der Waals surface area contributed by atoms with Crippen molar-refractivity contribution in [3.8, 4) is 0 Å². The Balaban J connectivity index is 1.96. The van der Waals surface area contributed by atoms with Gasteiger partial charge in [0.25, 0.3) is 0 Å². The van der Waals surface area contributed by atoms with Crippen LogP contribution in [0.2, 0.25) is 0 Å². The van der Waals surface area contributed by atoms with Gasteiger partial charge in [0.15, 0.2) is 0 Å². The molecule has 6 nitrogen and oxygen atoms in total. The van der Waals surface area contributed by atoms with Crippen LogP contribution >= 0.6 is 0 Å².